The lowest BCUT2D eigenvalue weighted by Crippen LogP contribution is -2.10. The summed E-state index contributed by atoms with van der Waals surface area (Å²) < 4.78 is 1.04. The van der Waals surface area contributed by atoms with Gasteiger partial charge in [0.2, 0.25) is 0 Å². The first-order chi connectivity index (χ1) is 9.75. The molecule has 0 aliphatic heterocycles. The van der Waals surface area contributed by atoms with Gasteiger partial charge in [0.25, 0.3) is 0 Å². The summed E-state index contributed by atoms with van der Waals surface area (Å²) in [4.78, 5) is 0.724. The first kappa shape index (κ1) is 13.3. The molecule has 0 bridgehead atoms. The number of anilines is 1. The molecule has 1 nitrogen and oxygen atoms in total. The summed E-state index contributed by atoms with van der Waals surface area (Å²) in [7, 11) is 0. The third-order valence-corrected chi connectivity index (χ3v) is 4.34. The molecule has 1 N–H and O–H groups in total. The Morgan fingerprint density at radius 2 is 1.55 bits per heavy atom. The average molecular weight is 342 g/mol. The zero-order valence-electron chi connectivity index (χ0n) is 10.6. The van der Waals surface area contributed by atoms with Crippen LogP contribution in [0.15, 0.2) is 71.2 Å². The quantitative estimate of drug-likeness (QED) is 0.627. The average Bonchev–Trinajstić information content (AvgIpc) is 2.51. The van der Waals surface area contributed by atoms with Crippen LogP contribution in [0.25, 0.3) is 10.8 Å². The summed E-state index contributed by atoms with van der Waals surface area (Å²) in [5, 5.41) is 5.68. The van der Waals surface area contributed by atoms with Crippen molar-refractivity contribution in [1.29, 1.82) is 0 Å². The molecule has 0 aliphatic carbocycles. The number of fused-ring (bicyclic) bond motifs is 1. The van der Waals surface area contributed by atoms with Crippen LogP contribution in [0.3, 0.4) is 0 Å². The summed E-state index contributed by atoms with van der Waals surface area (Å²) in [5.41, 5.74) is 2.00. The first-order valence-electron chi connectivity index (χ1n) is 6.29. The van der Waals surface area contributed by atoms with Gasteiger partial charge in [0.1, 0.15) is 4.99 Å². The number of benzene rings is 3. The van der Waals surface area contributed by atoms with Crippen molar-refractivity contribution >= 4 is 49.6 Å². The molecule has 3 rings (SSSR count). The van der Waals surface area contributed by atoms with Crippen LogP contribution >= 0.6 is 28.1 Å². The van der Waals surface area contributed by atoms with Gasteiger partial charge in [0.05, 0.1) is 5.69 Å². The predicted molar refractivity (Wildman–Crippen MR) is 93.4 cm³/mol. The third-order valence-electron chi connectivity index (χ3n) is 3.15. The summed E-state index contributed by atoms with van der Waals surface area (Å²) in [5.74, 6) is 0. The van der Waals surface area contributed by atoms with Crippen molar-refractivity contribution in [1.82, 2.24) is 0 Å². The third kappa shape index (κ3) is 2.60. The highest BCUT2D eigenvalue weighted by Crippen LogP contribution is 2.31. The molecule has 0 saturated heterocycles. The Kier molecular flexibility index (Phi) is 3.81. The zero-order valence-corrected chi connectivity index (χ0v) is 13.0. The molecule has 0 aromatic heterocycles. The first-order valence-corrected chi connectivity index (χ1v) is 7.49. The van der Waals surface area contributed by atoms with Crippen molar-refractivity contribution in [2.45, 2.75) is 0 Å². The fraction of sp³-hybridized carbons (Fsp3) is 0. The maximum atomic E-state index is 5.45. The molecule has 0 unspecified atom stereocenters. The van der Waals surface area contributed by atoms with Gasteiger partial charge in [-0.1, -0.05) is 72.9 Å². The highest BCUT2D eigenvalue weighted by Gasteiger charge is 2.07. The van der Waals surface area contributed by atoms with Crippen LogP contribution in [0.4, 0.5) is 5.69 Å². The molecule has 0 amide bonds. The monoisotopic (exact) mass is 341 g/mol. The van der Waals surface area contributed by atoms with Gasteiger partial charge in [-0.2, -0.15) is 0 Å². The Labute approximate surface area is 131 Å². The molecule has 0 saturated carbocycles. The van der Waals surface area contributed by atoms with Crippen LogP contribution in [-0.2, 0) is 0 Å². The summed E-state index contributed by atoms with van der Waals surface area (Å²) in [6.45, 7) is 0. The summed E-state index contributed by atoms with van der Waals surface area (Å²) in [6, 6.07) is 22.4. The summed E-state index contributed by atoms with van der Waals surface area (Å²) in [6.07, 6.45) is 0. The zero-order chi connectivity index (χ0) is 13.9. The molecule has 3 heteroatoms. The second-order valence-corrected chi connectivity index (χ2v) is 5.67. The van der Waals surface area contributed by atoms with Crippen LogP contribution in [0.2, 0.25) is 0 Å². The predicted octanol–water partition coefficient (Wildman–Crippen LogP) is 5.39. The minimum absolute atomic E-state index is 0.724. The smallest absolute Gasteiger partial charge is 0.111 e. The van der Waals surface area contributed by atoms with Gasteiger partial charge in [-0.05, 0) is 32.8 Å². The molecule has 3 aromatic rings. The van der Waals surface area contributed by atoms with Crippen LogP contribution in [0, 0.1) is 0 Å². The second-order valence-electron chi connectivity index (χ2n) is 4.47. The lowest BCUT2D eigenvalue weighted by Gasteiger charge is -2.12. The van der Waals surface area contributed by atoms with E-state index in [4.69, 9.17) is 12.2 Å². The number of hydrogen-bond donors (Lipinski definition) is 1. The SMILES string of the molecule is S=C(Nc1ccc2ccccc2c1Br)c1ccccc1. The largest absolute Gasteiger partial charge is 0.345 e. The van der Waals surface area contributed by atoms with E-state index in [0.29, 0.717) is 0 Å². The van der Waals surface area contributed by atoms with E-state index < -0.39 is 0 Å². The Morgan fingerprint density at radius 3 is 2.35 bits per heavy atom. The molecule has 0 heterocycles. The number of halogens is 1. The second kappa shape index (κ2) is 5.73. The Balaban J connectivity index is 1.95. The minimum atomic E-state index is 0.724. The molecule has 0 radical (unpaired) electrons. The van der Waals surface area contributed by atoms with Gasteiger partial charge in [-0.3, -0.25) is 0 Å². The van der Waals surface area contributed by atoms with E-state index in [0.717, 1.165) is 20.7 Å². The molecule has 0 atom stereocenters. The fourth-order valence-electron chi connectivity index (χ4n) is 2.11. The van der Waals surface area contributed by atoms with Crippen molar-refractivity contribution in [2.24, 2.45) is 0 Å². The lowest BCUT2D eigenvalue weighted by molar-refractivity contribution is 1.61. The topological polar surface area (TPSA) is 12.0 Å². The van der Waals surface area contributed by atoms with Crippen LogP contribution in [0.1, 0.15) is 5.56 Å². The normalized spacial score (nSPS) is 10.4. The molecular formula is C17H12BrNS. The van der Waals surface area contributed by atoms with Gasteiger partial charge in [0.15, 0.2) is 0 Å². The lowest BCUT2D eigenvalue weighted by atomic mass is 10.1. The van der Waals surface area contributed by atoms with Crippen molar-refractivity contribution in [3.05, 3.63) is 76.8 Å². The Bertz CT molecular complexity index is 768. The van der Waals surface area contributed by atoms with Crippen LogP contribution in [0.5, 0.6) is 0 Å². The molecule has 98 valence electrons. The van der Waals surface area contributed by atoms with Crippen molar-refractivity contribution in [3.63, 3.8) is 0 Å². The van der Waals surface area contributed by atoms with E-state index >= 15 is 0 Å². The van der Waals surface area contributed by atoms with Gasteiger partial charge < -0.3 is 5.32 Å². The van der Waals surface area contributed by atoms with Gasteiger partial charge in [0, 0.05) is 10.0 Å². The minimum Gasteiger partial charge on any atom is -0.345 e. The molecule has 20 heavy (non-hydrogen) atoms. The van der Waals surface area contributed by atoms with Crippen LogP contribution in [-0.4, -0.2) is 4.99 Å². The maximum Gasteiger partial charge on any atom is 0.111 e. The highest BCUT2D eigenvalue weighted by atomic mass is 79.9. The molecular weight excluding hydrogens is 330 g/mol. The number of nitrogens with one attached hydrogen (secondary N) is 1. The standard InChI is InChI=1S/C17H12BrNS/c18-16-14-9-5-4-6-12(14)10-11-15(16)19-17(20)13-7-2-1-3-8-13/h1-11H,(H,19,20). The number of thiocarbonyl (C=S) groups is 1. The van der Waals surface area contributed by atoms with Gasteiger partial charge in [-0.15, -0.1) is 0 Å². The number of rotatable bonds is 2. The highest BCUT2D eigenvalue weighted by molar-refractivity contribution is 9.10. The molecule has 3 aromatic carbocycles. The van der Waals surface area contributed by atoms with Crippen molar-refractivity contribution in [2.75, 3.05) is 5.32 Å². The molecule has 0 aliphatic rings. The van der Waals surface area contributed by atoms with E-state index in [1.54, 1.807) is 0 Å². The van der Waals surface area contributed by atoms with E-state index in [9.17, 15) is 0 Å². The van der Waals surface area contributed by atoms with Crippen LogP contribution < -0.4 is 5.32 Å². The van der Waals surface area contributed by atoms with Gasteiger partial charge in [-0.25, -0.2) is 0 Å². The van der Waals surface area contributed by atoms with E-state index in [1.807, 2.05) is 48.5 Å². The number of hydrogen-bond acceptors (Lipinski definition) is 1. The molecule has 0 fully saturated rings. The summed E-state index contributed by atoms with van der Waals surface area (Å²) >= 11 is 9.11. The Morgan fingerprint density at radius 1 is 0.850 bits per heavy atom. The van der Waals surface area contributed by atoms with E-state index in [1.165, 1.54) is 10.8 Å². The van der Waals surface area contributed by atoms with Crippen molar-refractivity contribution < 1.29 is 0 Å². The Hall–Kier alpha value is -1.71. The van der Waals surface area contributed by atoms with Crippen molar-refractivity contribution in [3.8, 4) is 0 Å². The molecule has 0 spiro atoms. The van der Waals surface area contributed by atoms with E-state index in [-0.39, 0.29) is 0 Å². The fourth-order valence-corrected chi connectivity index (χ4v) is 2.95. The van der Waals surface area contributed by atoms with Gasteiger partial charge >= 0.3 is 0 Å². The maximum absolute atomic E-state index is 5.45. The van der Waals surface area contributed by atoms with E-state index in [2.05, 4.69) is 39.4 Å².